The molecular weight excluding hydrogens is 256 g/mol. The SMILES string of the molecule is Cc1ccc(CC(C)NC(=O)C2NCCCC2C)s1. The van der Waals surface area contributed by atoms with Gasteiger partial charge in [-0.15, -0.1) is 11.3 Å². The van der Waals surface area contributed by atoms with Gasteiger partial charge in [-0.3, -0.25) is 4.79 Å². The minimum atomic E-state index is -0.0127. The molecule has 0 spiro atoms. The van der Waals surface area contributed by atoms with Gasteiger partial charge in [0.2, 0.25) is 5.91 Å². The number of thiophene rings is 1. The molecule has 0 aliphatic carbocycles. The molecule has 1 saturated heterocycles. The van der Waals surface area contributed by atoms with E-state index in [1.54, 1.807) is 0 Å². The van der Waals surface area contributed by atoms with Crippen LogP contribution in [0.15, 0.2) is 12.1 Å². The number of piperidine rings is 1. The van der Waals surface area contributed by atoms with Crippen molar-refractivity contribution in [2.45, 2.75) is 52.1 Å². The molecule has 2 N–H and O–H groups in total. The fraction of sp³-hybridized carbons (Fsp3) is 0.667. The molecule has 0 bridgehead atoms. The van der Waals surface area contributed by atoms with Crippen LogP contribution in [0.1, 0.15) is 36.4 Å². The number of hydrogen-bond donors (Lipinski definition) is 2. The smallest absolute Gasteiger partial charge is 0.237 e. The number of hydrogen-bond acceptors (Lipinski definition) is 3. The minimum Gasteiger partial charge on any atom is -0.352 e. The van der Waals surface area contributed by atoms with E-state index in [2.05, 4.69) is 43.5 Å². The fourth-order valence-corrected chi connectivity index (χ4v) is 3.70. The number of carbonyl (C=O) groups excluding carboxylic acids is 1. The van der Waals surface area contributed by atoms with Crippen LogP contribution in [0.2, 0.25) is 0 Å². The highest BCUT2D eigenvalue weighted by Crippen LogP contribution is 2.18. The largest absolute Gasteiger partial charge is 0.352 e. The van der Waals surface area contributed by atoms with Gasteiger partial charge in [0.05, 0.1) is 6.04 Å². The van der Waals surface area contributed by atoms with Crippen LogP contribution in [0, 0.1) is 12.8 Å². The second-order valence-electron chi connectivity index (χ2n) is 5.68. The highest BCUT2D eigenvalue weighted by molar-refractivity contribution is 7.11. The lowest BCUT2D eigenvalue weighted by atomic mass is 9.92. The second-order valence-corrected chi connectivity index (χ2v) is 7.05. The van der Waals surface area contributed by atoms with Gasteiger partial charge in [-0.25, -0.2) is 0 Å². The Kier molecular flexibility index (Phi) is 4.99. The molecule has 1 aromatic heterocycles. The van der Waals surface area contributed by atoms with E-state index < -0.39 is 0 Å². The summed E-state index contributed by atoms with van der Waals surface area (Å²) < 4.78 is 0. The van der Waals surface area contributed by atoms with Gasteiger partial charge in [-0.2, -0.15) is 0 Å². The molecule has 4 heteroatoms. The van der Waals surface area contributed by atoms with Crippen molar-refractivity contribution in [3.8, 4) is 0 Å². The Morgan fingerprint density at radius 2 is 2.37 bits per heavy atom. The molecule has 1 aliphatic rings. The molecule has 106 valence electrons. The standard InChI is InChI=1S/C15H24N2OS/c1-10-5-4-8-16-14(10)15(18)17-11(2)9-13-7-6-12(3)19-13/h6-7,10-11,14,16H,4-5,8-9H2,1-3H3,(H,17,18). The van der Waals surface area contributed by atoms with Crippen molar-refractivity contribution >= 4 is 17.2 Å². The molecule has 1 aliphatic heterocycles. The lowest BCUT2D eigenvalue weighted by Crippen LogP contribution is -2.52. The lowest BCUT2D eigenvalue weighted by molar-refractivity contribution is -0.125. The van der Waals surface area contributed by atoms with Gasteiger partial charge in [-0.05, 0) is 51.3 Å². The maximum atomic E-state index is 12.2. The summed E-state index contributed by atoms with van der Waals surface area (Å²) in [6, 6.07) is 4.48. The molecule has 3 nitrogen and oxygen atoms in total. The Morgan fingerprint density at radius 3 is 3.00 bits per heavy atom. The molecule has 0 aromatic carbocycles. The van der Waals surface area contributed by atoms with Crippen molar-refractivity contribution in [1.82, 2.24) is 10.6 Å². The van der Waals surface area contributed by atoms with Crippen LogP contribution >= 0.6 is 11.3 Å². The van der Waals surface area contributed by atoms with Crippen LogP contribution in [0.3, 0.4) is 0 Å². The van der Waals surface area contributed by atoms with Crippen LogP contribution in [0.5, 0.6) is 0 Å². The van der Waals surface area contributed by atoms with Crippen molar-refractivity contribution in [3.05, 3.63) is 21.9 Å². The maximum Gasteiger partial charge on any atom is 0.237 e. The number of nitrogens with one attached hydrogen (secondary N) is 2. The summed E-state index contributed by atoms with van der Waals surface area (Å²) in [6.45, 7) is 7.32. The van der Waals surface area contributed by atoms with Crippen molar-refractivity contribution in [3.63, 3.8) is 0 Å². The zero-order valence-electron chi connectivity index (χ0n) is 12.0. The van der Waals surface area contributed by atoms with Gasteiger partial charge >= 0.3 is 0 Å². The maximum absolute atomic E-state index is 12.2. The monoisotopic (exact) mass is 280 g/mol. The van der Waals surface area contributed by atoms with Gasteiger partial charge in [0.15, 0.2) is 0 Å². The summed E-state index contributed by atoms with van der Waals surface area (Å²) in [4.78, 5) is 14.9. The Morgan fingerprint density at radius 1 is 1.58 bits per heavy atom. The summed E-state index contributed by atoms with van der Waals surface area (Å²) in [6.07, 6.45) is 3.24. The van der Waals surface area contributed by atoms with E-state index in [1.165, 1.54) is 16.2 Å². The number of amides is 1. The summed E-state index contributed by atoms with van der Waals surface area (Å²) in [7, 11) is 0. The topological polar surface area (TPSA) is 41.1 Å². The van der Waals surface area contributed by atoms with E-state index in [0.29, 0.717) is 5.92 Å². The predicted molar refractivity (Wildman–Crippen MR) is 80.6 cm³/mol. The molecule has 0 saturated carbocycles. The first-order valence-corrected chi connectivity index (χ1v) is 7.97. The number of carbonyl (C=O) groups is 1. The summed E-state index contributed by atoms with van der Waals surface area (Å²) in [5.41, 5.74) is 0. The third-order valence-corrected chi connectivity index (χ3v) is 4.77. The summed E-state index contributed by atoms with van der Waals surface area (Å²) in [5, 5.41) is 6.48. The first-order chi connectivity index (χ1) is 9.06. The van der Waals surface area contributed by atoms with Crippen LogP contribution in [-0.2, 0) is 11.2 Å². The van der Waals surface area contributed by atoms with Crippen molar-refractivity contribution in [2.24, 2.45) is 5.92 Å². The highest BCUT2D eigenvalue weighted by Gasteiger charge is 2.27. The quantitative estimate of drug-likeness (QED) is 0.889. The van der Waals surface area contributed by atoms with Crippen LogP contribution < -0.4 is 10.6 Å². The summed E-state index contributed by atoms with van der Waals surface area (Å²) in [5.74, 6) is 0.595. The second kappa shape index (κ2) is 6.53. The van der Waals surface area contributed by atoms with Crippen molar-refractivity contribution < 1.29 is 4.79 Å². The lowest BCUT2D eigenvalue weighted by Gasteiger charge is -2.30. The molecule has 2 heterocycles. The zero-order chi connectivity index (χ0) is 13.8. The molecule has 3 unspecified atom stereocenters. The first-order valence-electron chi connectivity index (χ1n) is 7.15. The molecule has 19 heavy (non-hydrogen) atoms. The summed E-state index contributed by atoms with van der Waals surface area (Å²) >= 11 is 1.81. The predicted octanol–water partition coefficient (Wildman–Crippen LogP) is 2.49. The fourth-order valence-electron chi connectivity index (χ4n) is 2.68. The Hall–Kier alpha value is -0.870. The molecule has 0 radical (unpaired) electrons. The third-order valence-electron chi connectivity index (χ3n) is 3.74. The van der Waals surface area contributed by atoms with Crippen LogP contribution in [0.25, 0.3) is 0 Å². The van der Waals surface area contributed by atoms with Crippen LogP contribution in [-0.4, -0.2) is 24.5 Å². The van der Waals surface area contributed by atoms with Crippen molar-refractivity contribution in [2.75, 3.05) is 6.54 Å². The van der Waals surface area contributed by atoms with E-state index in [-0.39, 0.29) is 18.0 Å². The average molecular weight is 280 g/mol. The van der Waals surface area contributed by atoms with E-state index in [4.69, 9.17) is 0 Å². The van der Waals surface area contributed by atoms with Crippen molar-refractivity contribution in [1.29, 1.82) is 0 Å². The van der Waals surface area contributed by atoms with Crippen LogP contribution in [0.4, 0.5) is 0 Å². The Labute approximate surface area is 119 Å². The normalized spacial score (nSPS) is 25.0. The zero-order valence-corrected chi connectivity index (χ0v) is 12.8. The van der Waals surface area contributed by atoms with Gasteiger partial charge < -0.3 is 10.6 Å². The van der Waals surface area contributed by atoms with E-state index in [0.717, 1.165) is 19.4 Å². The number of aryl methyl sites for hydroxylation is 1. The molecular formula is C15H24N2OS. The first kappa shape index (κ1) is 14.5. The van der Waals surface area contributed by atoms with E-state index in [9.17, 15) is 4.79 Å². The van der Waals surface area contributed by atoms with Gasteiger partial charge in [0.1, 0.15) is 0 Å². The Bertz CT molecular complexity index is 430. The number of rotatable bonds is 4. The highest BCUT2D eigenvalue weighted by atomic mass is 32.1. The van der Waals surface area contributed by atoms with E-state index in [1.807, 2.05) is 11.3 Å². The molecule has 2 rings (SSSR count). The average Bonchev–Trinajstić information content (AvgIpc) is 2.74. The van der Waals surface area contributed by atoms with E-state index >= 15 is 0 Å². The van der Waals surface area contributed by atoms with Gasteiger partial charge in [0.25, 0.3) is 0 Å². The molecule has 1 fully saturated rings. The molecule has 1 aromatic rings. The molecule has 3 atom stereocenters. The third kappa shape index (κ3) is 4.05. The van der Waals surface area contributed by atoms with Gasteiger partial charge in [0, 0.05) is 22.2 Å². The molecule has 1 amide bonds. The minimum absolute atomic E-state index is 0.0127. The van der Waals surface area contributed by atoms with Gasteiger partial charge in [-0.1, -0.05) is 6.92 Å². The Balaban J connectivity index is 1.84.